The van der Waals surface area contributed by atoms with Gasteiger partial charge in [0.15, 0.2) is 0 Å². The van der Waals surface area contributed by atoms with E-state index in [9.17, 15) is 29.6 Å². The molecule has 0 saturated carbocycles. The van der Waals surface area contributed by atoms with Crippen LogP contribution in [0.4, 0.5) is 22.0 Å². The van der Waals surface area contributed by atoms with Crippen molar-refractivity contribution in [1.29, 1.82) is 0 Å². The van der Waals surface area contributed by atoms with E-state index in [1.807, 2.05) is 0 Å². The average Bonchev–Trinajstić information content (AvgIpc) is 2.44. The first-order valence-electron chi connectivity index (χ1n) is 5.10. The third-order valence-electron chi connectivity index (χ3n) is 2.49. The molecule has 0 aromatic heterocycles. The predicted molar refractivity (Wildman–Crippen MR) is 59.1 cm³/mol. The van der Waals surface area contributed by atoms with Crippen LogP contribution in [0.3, 0.4) is 0 Å². The van der Waals surface area contributed by atoms with Crippen molar-refractivity contribution < 1.29 is 29.6 Å². The third-order valence-corrected chi connectivity index (χ3v) is 6.24. The van der Waals surface area contributed by atoms with E-state index in [1.54, 1.807) is 0 Å². The molecule has 0 aliphatic carbocycles. The SMILES string of the molecule is O=[Se](=O)(c1ccccc1)c1c(F)c(F)c(F)c(F)c1F. The molecule has 0 bridgehead atoms. The molecule has 20 heavy (non-hydrogen) atoms. The molecule has 0 saturated heterocycles. The fraction of sp³-hybridized carbons (Fsp3) is 0. The van der Waals surface area contributed by atoms with E-state index < -0.39 is 50.7 Å². The van der Waals surface area contributed by atoms with Crippen molar-refractivity contribution in [2.75, 3.05) is 0 Å². The van der Waals surface area contributed by atoms with Gasteiger partial charge in [-0.3, -0.25) is 0 Å². The molecule has 0 fully saturated rings. The molecule has 106 valence electrons. The van der Waals surface area contributed by atoms with Gasteiger partial charge in [-0.2, -0.15) is 0 Å². The van der Waals surface area contributed by atoms with Crippen LogP contribution in [0.15, 0.2) is 30.3 Å². The summed E-state index contributed by atoms with van der Waals surface area (Å²) < 4.78 is 87.7. The van der Waals surface area contributed by atoms with E-state index >= 15 is 0 Å². The Balaban J connectivity index is 2.84. The molecule has 2 aromatic carbocycles. The van der Waals surface area contributed by atoms with E-state index in [-0.39, 0.29) is 0 Å². The Kier molecular flexibility index (Phi) is 3.62. The Labute approximate surface area is 111 Å². The number of hydrogen-bond donors (Lipinski definition) is 0. The van der Waals surface area contributed by atoms with Gasteiger partial charge in [0.05, 0.1) is 0 Å². The van der Waals surface area contributed by atoms with Crippen molar-refractivity contribution in [2.24, 2.45) is 0 Å². The van der Waals surface area contributed by atoms with Gasteiger partial charge in [0, 0.05) is 0 Å². The summed E-state index contributed by atoms with van der Waals surface area (Å²) in [7, 11) is 0. The number of hydrogen-bond acceptors (Lipinski definition) is 2. The van der Waals surface area contributed by atoms with Gasteiger partial charge in [-0.15, -0.1) is 0 Å². The zero-order valence-electron chi connectivity index (χ0n) is 9.50. The van der Waals surface area contributed by atoms with E-state index in [2.05, 4.69) is 0 Å². The summed E-state index contributed by atoms with van der Waals surface area (Å²) >= 11 is -5.74. The zero-order valence-corrected chi connectivity index (χ0v) is 11.2. The van der Waals surface area contributed by atoms with E-state index in [0.29, 0.717) is 0 Å². The Morgan fingerprint density at radius 2 is 1.05 bits per heavy atom. The van der Waals surface area contributed by atoms with Crippen LogP contribution in [0.2, 0.25) is 0 Å². The second-order valence-corrected chi connectivity index (χ2v) is 7.67. The van der Waals surface area contributed by atoms with Crippen LogP contribution in [-0.4, -0.2) is 12.7 Å². The van der Waals surface area contributed by atoms with Crippen LogP contribution in [0.25, 0.3) is 0 Å². The molecule has 2 aromatic rings. The molecule has 0 unspecified atom stereocenters. The van der Waals surface area contributed by atoms with Gasteiger partial charge in [0.1, 0.15) is 0 Å². The van der Waals surface area contributed by atoms with E-state index in [4.69, 9.17) is 0 Å². The molecule has 2 rings (SSSR count). The first kappa shape index (κ1) is 14.6. The first-order valence-corrected chi connectivity index (χ1v) is 8.21. The molecule has 2 nitrogen and oxygen atoms in total. The Morgan fingerprint density at radius 1 is 0.650 bits per heavy atom. The fourth-order valence-electron chi connectivity index (χ4n) is 1.54. The minimum absolute atomic E-state index is 0.507. The molecule has 0 radical (unpaired) electrons. The maximum atomic E-state index is 13.5. The van der Waals surface area contributed by atoms with Gasteiger partial charge in [-0.1, -0.05) is 0 Å². The molecule has 8 heteroatoms. The standard InChI is InChI=1S/C12H5F5O2Se/c13-7-8(14)10(16)12(11(17)9(7)15)20(18,19)6-4-2-1-3-5-6/h1-5H. The molecule has 0 atom stereocenters. The van der Waals surface area contributed by atoms with Gasteiger partial charge < -0.3 is 0 Å². The van der Waals surface area contributed by atoms with Gasteiger partial charge in [0.25, 0.3) is 0 Å². The molecule has 0 aliphatic heterocycles. The average molecular weight is 355 g/mol. The first-order chi connectivity index (χ1) is 9.28. The van der Waals surface area contributed by atoms with Crippen LogP contribution in [0, 0.1) is 29.1 Å². The summed E-state index contributed by atoms with van der Waals surface area (Å²) in [5.41, 5.74) is 0. The van der Waals surface area contributed by atoms with E-state index in [0.717, 1.165) is 12.1 Å². The van der Waals surface area contributed by atoms with Crippen molar-refractivity contribution in [1.82, 2.24) is 0 Å². The molecular weight excluding hydrogens is 350 g/mol. The normalized spacial score (nSPS) is 11.7. The van der Waals surface area contributed by atoms with Crippen LogP contribution in [0.1, 0.15) is 0 Å². The topological polar surface area (TPSA) is 34.1 Å². The summed E-state index contributed by atoms with van der Waals surface area (Å²) in [5, 5.41) is 0. The fourth-order valence-corrected chi connectivity index (χ4v) is 4.48. The molecular formula is C12H5F5O2Se. The second kappa shape index (κ2) is 4.95. The molecule has 0 amide bonds. The van der Waals surface area contributed by atoms with Gasteiger partial charge >= 0.3 is 111 Å². The monoisotopic (exact) mass is 356 g/mol. The quantitative estimate of drug-likeness (QED) is 0.356. The summed E-state index contributed by atoms with van der Waals surface area (Å²) in [6.45, 7) is 0. The van der Waals surface area contributed by atoms with Crippen LogP contribution >= 0.6 is 0 Å². The predicted octanol–water partition coefficient (Wildman–Crippen LogP) is 1.80. The van der Waals surface area contributed by atoms with Crippen molar-refractivity contribution in [3.8, 4) is 0 Å². The summed E-state index contributed by atoms with van der Waals surface area (Å²) in [4.78, 5) is 0. The van der Waals surface area contributed by atoms with Crippen LogP contribution in [0.5, 0.6) is 0 Å². The number of rotatable bonds is 2. The van der Waals surface area contributed by atoms with Crippen LogP contribution in [-0.2, 0) is 7.67 Å². The molecule has 0 aliphatic rings. The maximum absolute atomic E-state index is 13.5. The van der Waals surface area contributed by atoms with Gasteiger partial charge in [-0.05, 0) is 0 Å². The minimum atomic E-state index is -5.74. The molecule has 0 N–H and O–H groups in total. The Hall–Kier alpha value is -1.79. The second-order valence-electron chi connectivity index (χ2n) is 3.72. The number of halogens is 5. The summed E-state index contributed by atoms with van der Waals surface area (Å²) in [5.74, 6) is -11.7. The summed E-state index contributed by atoms with van der Waals surface area (Å²) in [6.07, 6.45) is 0. The van der Waals surface area contributed by atoms with Crippen LogP contribution < -0.4 is 8.92 Å². The van der Waals surface area contributed by atoms with Crippen molar-refractivity contribution >= 4 is 21.6 Å². The number of benzene rings is 2. The Morgan fingerprint density at radius 3 is 1.50 bits per heavy atom. The van der Waals surface area contributed by atoms with Gasteiger partial charge in [0.2, 0.25) is 0 Å². The Bertz CT molecular complexity index is 743. The van der Waals surface area contributed by atoms with Crippen molar-refractivity contribution in [3.63, 3.8) is 0 Å². The third kappa shape index (κ3) is 2.10. The van der Waals surface area contributed by atoms with Crippen molar-refractivity contribution in [2.45, 2.75) is 0 Å². The summed E-state index contributed by atoms with van der Waals surface area (Å²) in [6, 6.07) is 6.00. The zero-order chi connectivity index (χ0) is 15.1. The molecule has 0 spiro atoms. The van der Waals surface area contributed by atoms with Gasteiger partial charge in [-0.25, -0.2) is 0 Å². The molecule has 0 heterocycles. The van der Waals surface area contributed by atoms with E-state index in [1.165, 1.54) is 18.2 Å². The van der Waals surface area contributed by atoms with Crippen molar-refractivity contribution in [3.05, 3.63) is 59.4 Å².